The van der Waals surface area contributed by atoms with E-state index < -0.39 is 11.8 Å². The number of benzene rings is 1. The second-order valence-electron chi connectivity index (χ2n) is 4.55. The smallest absolute Gasteiger partial charge is 0.329 e. The zero-order valence-electron chi connectivity index (χ0n) is 10.8. The van der Waals surface area contributed by atoms with Gasteiger partial charge >= 0.3 is 11.8 Å². The number of amides is 2. The Morgan fingerprint density at radius 1 is 1.35 bits per heavy atom. The first-order valence-electron chi connectivity index (χ1n) is 6.11. The number of phenols is 1. The summed E-state index contributed by atoms with van der Waals surface area (Å²) in [6.45, 7) is 1.59. The lowest BCUT2D eigenvalue weighted by atomic mass is 10.1. The van der Waals surface area contributed by atoms with Crippen molar-refractivity contribution in [1.82, 2.24) is 10.7 Å². The molecule has 2 amide bonds. The minimum Gasteiger partial charge on any atom is -0.507 e. The van der Waals surface area contributed by atoms with Crippen molar-refractivity contribution in [2.45, 2.75) is 25.8 Å². The van der Waals surface area contributed by atoms with Crippen LogP contribution in [-0.2, 0) is 9.59 Å². The number of phenolic OH excluding ortho intramolecular Hbond substituents is 1. The average molecular weight is 296 g/mol. The van der Waals surface area contributed by atoms with Crippen molar-refractivity contribution in [2.24, 2.45) is 5.10 Å². The summed E-state index contributed by atoms with van der Waals surface area (Å²) in [5, 5.41) is 16.4. The van der Waals surface area contributed by atoms with E-state index in [1.54, 1.807) is 6.92 Å². The van der Waals surface area contributed by atoms with Crippen LogP contribution in [0.15, 0.2) is 23.3 Å². The number of carbonyl (C=O) groups is 2. The number of hydrogen-bond acceptors (Lipinski definition) is 4. The number of carbonyl (C=O) groups excluding carboxylic acids is 2. The van der Waals surface area contributed by atoms with Gasteiger partial charge in [-0.25, -0.2) is 5.43 Å². The second-order valence-corrected chi connectivity index (χ2v) is 4.98. The van der Waals surface area contributed by atoms with Gasteiger partial charge in [0, 0.05) is 16.6 Å². The van der Waals surface area contributed by atoms with Gasteiger partial charge < -0.3 is 10.4 Å². The summed E-state index contributed by atoms with van der Waals surface area (Å²) in [6, 6.07) is 4.59. The van der Waals surface area contributed by atoms with Crippen LogP contribution in [0, 0.1) is 0 Å². The fourth-order valence-corrected chi connectivity index (χ4v) is 1.69. The Hall–Kier alpha value is -2.08. The van der Waals surface area contributed by atoms with Crippen molar-refractivity contribution in [1.29, 1.82) is 0 Å². The summed E-state index contributed by atoms with van der Waals surface area (Å²) in [6.07, 6.45) is 1.80. The molecular weight excluding hydrogens is 282 g/mol. The van der Waals surface area contributed by atoms with Crippen molar-refractivity contribution < 1.29 is 14.7 Å². The first-order valence-corrected chi connectivity index (χ1v) is 6.49. The monoisotopic (exact) mass is 295 g/mol. The Kier molecular flexibility index (Phi) is 4.24. The Bertz CT molecular complexity index is 582. The third-order valence-corrected chi connectivity index (χ3v) is 3.03. The van der Waals surface area contributed by atoms with E-state index in [0.29, 0.717) is 16.3 Å². The molecule has 1 aromatic carbocycles. The van der Waals surface area contributed by atoms with Gasteiger partial charge in [-0.05, 0) is 38.0 Å². The Labute approximate surface area is 120 Å². The summed E-state index contributed by atoms with van der Waals surface area (Å²) < 4.78 is 0. The van der Waals surface area contributed by atoms with Crippen molar-refractivity contribution in [3.8, 4) is 5.75 Å². The lowest BCUT2D eigenvalue weighted by Gasteiger charge is -2.05. The van der Waals surface area contributed by atoms with E-state index in [1.807, 2.05) is 0 Å². The molecule has 0 radical (unpaired) electrons. The highest BCUT2D eigenvalue weighted by Crippen LogP contribution is 2.22. The molecule has 1 fully saturated rings. The summed E-state index contributed by atoms with van der Waals surface area (Å²) in [5.74, 6) is -1.55. The maximum Gasteiger partial charge on any atom is 0.329 e. The van der Waals surface area contributed by atoms with Gasteiger partial charge in [0.25, 0.3) is 0 Å². The van der Waals surface area contributed by atoms with Gasteiger partial charge in [-0.15, -0.1) is 0 Å². The molecule has 20 heavy (non-hydrogen) atoms. The summed E-state index contributed by atoms with van der Waals surface area (Å²) >= 11 is 5.82. The van der Waals surface area contributed by atoms with E-state index in [2.05, 4.69) is 15.8 Å². The van der Waals surface area contributed by atoms with Crippen LogP contribution in [0.5, 0.6) is 5.75 Å². The van der Waals surface area contributed by atoms with Crippen LogP contribution in [-0.4, -0.2) is 28.7 Å². The minimum absolute atomic E-state index is 0.00710. The molecule has 0 aromatic heterocycles. The van der Waals surface area contributed by atoms with Crippen molar-refractivity contribution in [2.75, 3.05) is 0 Å². The second kappa shape index (κ2) is 5.92. The quantitative estimate of drug-likeness (QED) is 0.444. The molecule has 1 aromatic rings. The average Bonchev–Trinajstić information content (AvgIpc) is 3.22. The lowest BCUT2D eigenvalue weighted by Crippen LogP contribution is -2.39. The molecule has 0 heterocycles. The van der Waals surface area contributed by atoms with E-state index in [1.165, 1.54) is 18.2 Å². The maximum absolute atomic E-state index is 11.5. The first-order chi connectivity index (χ1) is 9.47. The molecule has 2 rings (SSSR count). The van der Waals surface area contributed by atoms with E-state index in [0.717, 1.165) is 12.8 Å². The van der Waals surface area contributed by atoms with Gasteiger partial charge in [-0.2, -0.15) is 5.10 Å². The molecule has 1 aliphatic carbocycles. The third kappa shape index (κ3) is 3.71. The zero-order valence-corrected chi connectivity index (χ0v) is 11.6. The van der Waals surface area contributed by atoms with E-state index >= 15 is 0 Å². The molecule has 0 aliphatic heterocycles. The predicted octanol–water partition coefficient (Wildman–Crippen LogP) is 1.16. The van der Waals surface area contributed by atoms with Crippen LogP contribution in [0.2, 0.25) is 5.02 Å². The van der Waals surface area contributed by atoms with Crippen LogP contribution < -0.4 is 10.7 Å². The summed E-state index contributed by atoms with van der Waals surface area (Å²) in [7, 11) is 0. The standard InChI is InChI=1S/C13H14ClN3O3/c1-7(10-6-8(14)2-5-11(10)18)16-17-13(20)12(19)15-9-3-4-9/h2,5-6,9,18H,3-4H2,1H3,(H,15,19)(H,17,20)/b16-7+. The Morgan fingerprint density at radius 3 is 2.70 bits per heavy atom. The van der Waals surface area contributed by atoms with E-state index in [4.69, 9.17) is 11.6 Å². The van der Waals surface area contributed by atoms with Gasteiger partial charge in [-0.1, -0.05) is 11.6 Å². The van der Waals surface area contributed by atoms with Gasteiger partial charge in [0.05, 0.1) is 5.71 Å². The maximum atomic E-state index is 11.5. The molecule has 1 aliphatic rings. The number of nitrogens with zero attached hydrogens (tertiary/aromatic N) is 1. The van der Waals surface area contributed by atoms with Crippen molar-refractivity contribution >= 4 is 29.1 Å². The number of aromatic hydroxyl groups is 1. The SMILES string of the molecule is C/C(=N\NC(=O)C(=O)NC1CC1)c1cc(Cl)ccc1O. The highest BCUT2D eigenvalue weighted by atomic mass is 35.5. The van der Waals surface area contributed by atoms with E-state index in [-0.39, 0.29) is 11.8 Å². The number of hydrogen-bond donors (Lipinski definition) is 3. The minimum atomic E-state index is -0.835. The number of nitrogens with one attached hydrogen (secondary N) is 2. The van der Waals surface area contributed by atoms with Crippen LogP contribution in [0.4, 0.5) is 0 Å². The predicted molar refractivity (Wildman–Crippen MR) is 74.6 cm³/mol. The Balaban J connectivity index is 2.00. The normalized spacial score (nSPS) is 14.8. The molecule has 0 spiro atoms. The molecule has 7 heteroatoms. The molecular formula is C13H14ClN3O3. The van der Waals surface area contributed by atoms with Gasteiger partial charge in [-0.3, -0.25) is 9.59 Å². The van der Waals surface area contributed by atoms with Crippen molar-refractivity contribution in [3.05, 3.63) is 28.8 Å². The fourth-order valence-electron chi connectivity index (χ4n) is 1.52. The number of halogens is 1. The van der Waals surface area contributed by atoms with Crippen LogP contribution in [0.1, 0.15) is 25.3 Å². The summed E-state index contributed by atoms with van der Waals surface area (Å²) in [4.78, 5) is 22.9. The van der Waals surface area contributed by atoms with Crippen LogP contribution in [0.3, 0.4) is 0 Å². The van der Waals surface area contributed by atoms with Crippen molar-refractivity contribution in [3.63, 3.8) is 0 Å². The molecule has 0 unspecified atom stereocenters. The molecule has 3 N–H and O–H groups in total. The Morgan fingerprint density at radius 2 is 2.05 bits per heavy atom. The fraction of sp³-hybridized carbons (Fsp3) is 0.308. The van der Waals surface area contributed by atoms with Gasteiger partial charge in [0.2, 0.25) is 0 Å². The molecule has 1 saturated carbocycles. The van der Waals surface area contributed by atoms with Gasteiger partial charge in [0.15, 0.2) is 0 Å². The van der Waals surface area contributed by atoms with Crippen LogP contribution >= 0.6 is 11.6 Å². The van der Waals surface area contributed by atoms with Crippen LogP contribution in [0.25, 0.3) is 0 Å². The molecule has 0 saturated heterocycles. The first kappa shape index (κ1) is 14.3. The van der Waals surface area contributed by atoms with Gasteiger partial charge in [0.1, 0.15) is 5.75 Å². The third-order valence-electron chi connectivity index (χ3n) is 2.79. The highest BCUT2D eigenvalue weighted by molar-refractivity contribution is 6.35. The van der Waals surface area contributed by atoms with E-state index in [9.17, 15) is 14.7 Å². The molecule has 0 bridgehead atoms. The number of hydrazone groups is 1. The highest BCUT2D eigenvalue weighted by Gasteiger charge is 2.26. The molecule has 106 valence electrons. The lowest BCUT2D eigenvalue weighted by molar-refractivity contribution is -0.139. The zero-order chi connectivity index (χ0) is 14.7. The topological polar surface area (TPSA) is 90.8 Å². The summed E-state index contributed by atoms with van der Waals surface area (Å²) in [5.41, 5.74) is 2.88. The largest absolute Gasteiger partial charge is 0.507 e. The molecule has 0 atom stereocenters. The molecule has 6 nitrogen and oxygen atoms in total. The number of rotatable bonds is 3.